The number of nitrogens with two attached hydrogens (primary N) is 1. The molecule has 0 aromatic heterocycles. The minimum Gasteiger partial charge on any atom is -0.370 e. The van der Waals surface area contributed by atoms with Gasteiger partial charge in [0.05, 0.1) is 0 Å². The van der Waals surface area contributed by atoms with Crippen molar-refractivity contribution in [1.29, 1.82) is 0 Å². The number of benzene rings is 1. The Hall–Kier alpha value is -0.820. The van der Waals surface area contributed by atoms with Crippen molar-refractivity contribution in [2.24, 2.45) is 16.6 Å². The number of nitrogens with zero attached hydrogens (tertiary/aromatic N) is 2. The second-order valence-electron chi connectivity index (χ2n) is 6.67. The second-order valence-corrected chi connectivity index (χ2v) is 6.67. The Morgan fingerprint density at radius 1 is 1.21 bits per heavy atom. The highest BCUT2D eigenvalue weighted by Gasteiger charge is 2.14. The van der Waals surface area contributed by atoms with Crippen molar-refractivity contribution in [2.75, 3.05) is 31.5 Å². The van der Waals surface area contributed by atoms with Crippen LogP contribution in [-0.2, 0) is 6.42 Å². The third kappa shape index (κ3) is 7.83. The lowest BCUT2D eigenvalue weighted by Crippen LogP contribution is -2.33. The first kappa shape index (κ1) is 21.2. The van der Waals surface area contributed by atoms with Crippen LogP contribution < -0.4 is 11.1 Å². The van der Waals surface area contributed by atoms with Crippen LogP contribution in [0.5, 0.6) is 0 Å². The zero-order valence-electron chi connectivity index (χ0n) is 15.1. The molecular formula is C19H33IN4. The molecule has 0 atom stereocenters. The van der Waals surface area contributed by atoms with E-state index in [1.54, 1.807) is 0 Å². The quantitative estimate of drug-likeness (QED) is 0.288. The molecule has 1 aromatic rings. The Labute approximate surface area is 164 Å². The molecule has 0 bridgehead atoms. The molecule has 2 rings (SSSR count). The van der Waals surface area contributed by atoms with Crippen molar-refractivity contribution in [3.8, 4) is 0 Å². The van der Waals surface area contributed by atoms with Gasteiger partial charge in [-0.2, -0.15) is 0 Å². The highest BCUT2D eigenvalue weighted by atomic mass is 127. The van der Waals surface area contributed by atoms with Crippen LogP contribution in [0.4, 0.5) is 5.69 Å². The molecule has 0 unspecified atom stereocenters. The minimum absolute atomic E-state index is 0. The summed E-state index contributed by atoms with van der Waals surface area (Å²) in [5.41, 5.74) is 8.28. The van der Waals surface area contributed by atoms with E-state index in [0.717, 1.165) is 31.0 Å². The van der Waals surface area contributed by atoms with Gasteiger partial charge in [0, 0.05) is 12.2 Å². The van der Waals surface area contributed by atoms with Gasteiger partial charge in [-0.15, -0.1) is 24.0 Å². The summed E-state index contributed by atoms with van der Waals surface area (Å²) in [5.74, 6) is 1.43. The largest absolute Gasteiger partial charge is 0.370 e. The number of piperidine rings is 1. The van der Waals surface area contributed by atoms with Crippen LogP contribution in [0.15, 0.2) is 29.3 Å². The monoisotopic (exact) mass is 444 g/mol. The van der Waals surface area contributed by atoms with Crippen molar-refractivity contribution in [1.82, 2.24) is 4.90 Å². The van der Waals surface area contributed by atoms with Crippen LogP contribution in [0.25, 0.3) is 0 Å². The first-order chi connectivity index (χ1) is 11.2. The van der Waals surface area contributed by atoms with Gasteiger partial charge in [-0.3, -0.25) is 4.99 Å². The maximum atomic E-state index is 5.95. The van der Waals surface area contributed by atoms with E-state index < -0.39 is 0 Å². The molecule has 0 radical (unpaired) electrons. The topological polar surface area (TPSA) is 53.6 Å². The molecule has 5 heteroatoms. The summed E-state index contributed by atoms with van der Waals surface area (Å²) in [5, 5.41) is 3.16. The van der Waals surface area contributed by atoms with Crippen LogP contribution >= 0.6 is 24.0 Å². The van der Waals surface area contributed by atoms with E-state index in [1.807, 2.05) is 0 Å². The molecule has 1 fully saturated rings. The molecule has 0 spiro atoms. The smallest absolute Gasteiger partial charge is 0.193 e. The summed E-state index contributed by atoms with van der Waals surface area (Å²) >= 11 is 0. The number of hydrogen-bond acceptors (Lipinski definition) is 2. The third-order valence-electron chi connectivity index (χ3n) is 4.68. The van der Waals surface area contributed by atoms with E-state index in [4.69, 9.17) is 5.73 Å². The molecule has 24 heavy (non-hydrogen) atoms. The van der Waals surface area contributed by atoms with Crippen molar-refractivity contribution in [3.63, 3.8) is 0 Å². The summed E-state index contributed by atoms with van der Waals surface area (Å²) in [6.07, 6.45) is 6.07. The number of unbranched alkanes of at least 4 members (excludes halogenated alkanes) is 1. The van der Waals surface area contributed by atoms with Crippen LogP contribution in [0, 0.1) is 5.92 Å². The molecule has 1 aromatic carbocycles. The number of rotatable bonds is 7. The van der Waals surface area contributed by atoms with E-state index in [9.17, 15) is 0 Å². The van der Waals surface area contributed by atoms with Gasteiger partial charge in [0.15, 0.2) is 5.96 Å². The van der Waals surface area contributed by atoms with E-state index in [0.29, 0.717) is 5.96 Å². The molecule has 0 amide bonds. The van der Waals surface area contributed by atoms with E-state index in [-0.39, 0.29) is 24.0 Å². The number of halogens is 1. The standard InChI is InChI=1S/C19H32N4.HI/c1-3-17-6-8-18(9-7-17)22-19(20)21-12-4-5-13-23-14-10-16(2)11-15-23;/h6-9,16H,3-5,10-15H2,1-2H3,(H3,20,21,22);1H. The van der Waals surface area contributed by atoms with Gasteiger partial charge in [0.25, 0.3) is 0 Å². The summed E-state index contributed by atoms with van der Waals surface area (Å²) in [6, 6.07) is 8.35. The van der Waals surface area contributed by atoms with Crippen LogP contribution in [0.1, 0.15) is 45.1 Å². The maximum Gasteiger partial charge on any atom is 0.193 e. The van der Waals surface area contributed by atoms with Gasteiger partial charge in [-0.05, 0) is 75.4 Å². The minimum atomic E-state index is 0. The van der Waals surface area contributed by atoms with Gasteiger partial charge in [0.2, 0.25) is 0 Å². The zero-order chi connectivity index (χ0) is 16.5. The second kappa shape index (κ2) is 11.7. The predicted octanol–water partition coefficient (Wildman–Crippen LogP) is 4.11. The molecule has 1 heterocycles. The fourth-order valence-electron chi connectivity index (χ4n) is 2.94. The Kier molecular flexibility index (Phi) is 10.3. The van der Waals surface area contributed by atoms with Crippen molar-refractivity contribution >= 4 is 35.6 Å². The molecule has 1 aliphatic rings. The van der Waals surface area contributed by atoms with Crippen LogP contribution in [-0.4, -0.2) is 37.0 Å². The molecular weight excluding hydrogens is 411 g/mol. The number of likely N-dealkylation sites (tertiary alicyclic amines) is 1. The lowest BCUT2D eigenvalue weighted by molar-refractivity contribution is 0.190. The zero-order valence-corrected chi connectivity index (χ0v) is 17.5. The van der Waals surface area contributed by atoms with Crippen LogP contribution in [0.2, 0.25) is 0 Å². The van der Waals surface area contributed by atoms with E-state index >= 15 is 0 Å². The van der Waals surface area contributed by atoms with Gasteiger partial charge in [-0.25, -0.2) is 0 Å². The summed E-state index contributed by atoms with van der Waals surface area (Å²) < 4.78 is 0. The van der Waals surface area contributed by atoms with Gasteiger partial charge >= 0.3 is 0 Å². The first-order valence-corrected chi connectivity index (χ1v) is 9.05. The molecule has 1 aliphatic heterocycles. The molecule has 1 saturated heterocycles. The first-order valence-electron chi connectivity index (χ1n) is 9.05. The number of aliphatic imine (C=N–C) groups is 1. The molecule has 0 aliphatic carbocycles. The third-order valence-corrected chi connectivity index (χ3v) is 4.68. The Bertz CT molecular complexity index is 479. The highest BCUT2D eigenvalue weighted by molar-refractivity contribution is 14.0. The SMILES string of the molecule is CCc1ccc(NC(N)=NCCCCN2CCC(C)CC2)cc1.I. The average molecular weight is 444 g/mol. The fraction of sp³-hybridized carbons (Fsp3) is 0.632. The number of hydrogen-bond donors (Lipinski definition) is 2. The molecule has 4 nitrogen and oxygen atoms in total. The molecule has 136 valence electrons. The summed E-state index contributed by atoms with van der Waals surface area (Å²) in [6.45, 7) is 9.05. The maximum absolute atomic E-state index is 5.95. The number of nitrogens with one attached hydrogen (secondary N) is 1. The lowest BCUT2D eigenvalue weighted by atomic mass is 9.99. The number of anilines is 1. The predicted molar refractivity (Wildman–Crippen MR) is 115 cm³/mol. The van der Waals surface area contributed by atoms with Gasteiger partial charge in [-0.1, -0.05) is 26.0 Å². The van der Waals surface area contributed by atoms with Crippen molar-refractivity contribution in [3.05, 3.63) is 29.8 Å². The van der Waals surface area contributed by atoms with E-state index in [1.165, 1.54) is 44.5 Å². The fourth-order valence-corrected chi connectivity index (χ4v) is 2.94. The van der Waals surface area contributed by atoms with Gasteiger partial charge < -0.3 is 16.0 Å². The average Bonchev–Trinajstić information content (AvgIpc) is 2.57. The summed E-state index contributed by atoms with van der Waals surface area (Å²) in [7, 11) is 0. The lowest BCUT2D eigenvalue weighted by Gasteiger charge is -2.30. The molecule has 0 saturated carbocycles. The van der Waals surface area contributed by atoms with E-state index in [2.05, 4.69) is 53.3 Å². The molecule has 3 N–H and O–H groups in total. The van der Waals surface area contributed by atoms with Crippen molar-refractivity contribution < 1.29 is 0 Å². The Morgan fingerprint density at radius 3 is 2.50 bits per heavy atom. The number of aryl methyl sites for hydroxylation is 1. The van der Waals surface area contributed by atoms with Gasteiger partial charge in [0.1, 0.15) is 0 Å². The van der Waals surface area contributed by atoms with Crippen LogP contribution in [0.3, 0.4) is 0 Å². The summed E-state index contributed by atoms with van der Waals surface area (Å²) in [4.78, 5) is 7.01. The van der Waals surface area contributed by atoms with Crippen molar-refractivity contribution in [2.45, 2.75) is 46.0 Å². The number of guanidine groups is 1. The highest BCUT2D eigenvalue weighted by Crippen LogP contribution is 2.16. The Morgan fingerprint density at radius 2 is 1.88 bits per heavy atom. The normalized spacial score (nSPS) is 16.7. The Balaban J connectivity index is 0.00000288.